The molecule has 1 fully saturated rings. The maximum Gasteiger partial charge on any atom is 0.262 e. The molecule has 1 unspecified atom stereocenters. The fraction of sp³-hybridized carbons (Fsp3) is 0.500. The molecule has 9 heteroatoms. The Morgan fingerprint density at radius 2 is 2.29 bits per heavy atom. The molecule has 21 heavy (non-hydrogen) atoms. The van der Waals surface area contributed by atoms with Crippen LogP contribution in [0.25, 0.3) is 0 Å². The van der Waals surface area contributed by atoms with Gasteiger partial charge in [0, 0.05) is 32.5 Å². The smallest absolute Gasteiger partial charge is 0.262 e. The number of nitrogens with one attached hydrogen (secondary N) is 1. The molecule has 1 saturated heterocycles. The van der Waals surface area contributed by atoms with E-state index in [1.807, 2.05) is 6.92 Å². The quantitative estimate of drug-likeness (QED) is 0.866. The van der Waals surface area contributed by atoms with Gasteiger partial charge >= 0.3 is 0 Å². The van der Waals surface area contributed by atoms with E-state index < -0.39 is 15.6 Å². The first-order valence-electron chi connectivity index (χ1n) is 6.54. The number of aromatic nitrogens is 4. The fourth-order valence-electron chi connectivity index (χ4n) is 2.41. The average Bonchev–Trinajstić information content (AvgIpc) is 3.10. The number of sulfonamides is 1. The zero-order chi connectivity index (χ0) is 15.1. The normalized spacial score (nSPS) is 24.3. The van der Waals surface area contributed by atoms with E-state index in [1.54, 1.807) is 23.9 Å². The van der Waals surface area contributed by atoms with Gasteiger partial charge in [0.25, 0.3) is 10.0 Å². The highest BCUT2D eigenvalue weighted by molar-refractivity contribution is 7.89. The molecule has 1 aliphatic rings. The van der Waals surface area contributed by atoms with Crippen molar-refractivity contribution in [3.8, 4) is 0 Å². The molecule has 1 atom stereocenters. The van der Waals surface area contributed by atoms with Gasteiger partial charge in [-0.1, -0.05) is 0 Å². The Kier molecular flexibility index (Phi) is 3.34. The predicted octanol–water partition coefficient (Wildman–Crippen LogP) is 0.0795. The van der Waals surface area contributed by atoms with Crippen molar-refractivity contribution in [3.05, 3.63) is 30.5 Å². The van der Waals surface area contributed by atoms with Crippen LogP contribution in [0.15, 0.2) is 29.8 Å². The summed E-state index contributed by atoms with van der Waals surface area (Å²) in [5.41, 5.74) is 0.0137. The minimum atomic E-state index is -3.62. The van der Waals surface area contributed by atoms with Crippen LogP contribution in [-0.2, 0) is 27.4 Å². The third-order valence-corrected chi connectivity index (χ3v) is 5.33. The van der Waals surface area contributed by atoms with Gasteiger partial charge < -0.3 is 9.30 Å². The first-order chi connectivity index (χ1) is 9.92. The number of morpholine rings is 1. The highest BCUT2D eigenvalue weighted by Crippen LogP contribution is 2.30. The van der Waals surface area contributed by atoms with E-state index in [0.717, 1.165) is 5.69 Å². The van der Waals surface area contributed by atoms with Crippen LogP contribution in [0, 0.1) is 0 Å². The molecule has 1 aliphatic heterocycles. The number of nitrogens with zero attached hydrogens (tertiary/aromatic N) is 4. The first kappa shape index (κ1) is 14.2. The van der Waals surface area contributed by atoms with Crippen molar-refractivity contribution in [2.45, 2.75) is 17.6 Å². The molecule has 0 amide bonds. The lowest BCUT2D eigenvalue weighted by atomic mass is 10.0. The number of ether oxygens (including phenoxy) is 1. The second kappa shape index (κ2) is 4.93. The maximum absolute atomic E-state index is 12.6. The van der Waals surface area contributed by atoms with Crippen LogP contribution >= 0.6 is 0 Å². The van der Waals surface area contributed by atoms with Crippen molar-refractivity contribution in [2.75, 3.05) is 19.7 Å². The van der Waals surface area contributed by atoms with Gasteiger partial charge in [-0.2, -0.15) is 9.40 Å². The van der Waals surface area contributed by atoms with Crippen LogP contribution in [0.1, 0.15) is 12.6 Å². The molecule has 2 aromatic rings. The highest BCUT2D eigenvalue weighted by atomic mass is 32.2. The Bertz CT molecular complexity index is 724. The minimum Gasteiger partial charge on any atom is -0.366 e. The van der Waals surface area contributed by atoms with Crippen molar-refractivity contribution in [1.82, 2.24) is 24.1 Å². The van der Waals surface area contributed by atoms with Gasteiger partial charge in [0.05, 0.1) is 18.6 Å². The van der Waals surface area contributed by atoms with Crippen LogP contribution in [-0.4, -0.2) is 52.2 Å². The summed E-state index contributed by atoms with van der Waals surface area (Å²) in [6.07, 6.45) is 4.59. The Morgan fingerprint density at radius 3 is 2.90 bits per heavy atom. The second-order valence-corrected chi connectivity index (χ2v) is 7.15. The lowest BCUT2D eigenvalue weighted by Crippen LogP contribution is -2.50. The molecule has 1 N–H and O–H groups in total. The van der Waals surface area contributed by atoms with Gasteiger partial charge in [-0.3, -0.25) is 5.10 Å². The molecule has 0 radical (unpaired) electrons. The molecule has 0 bridgehead atoms. The molecular formula is C12H17N5O3S. The Balaban J connectivity index is 1.90. The standard InChI is InChI=1S/C12H17N5O3S/c1-12(10-3-4-14-15-10)8-17(5-6-20-12)21(18,19)11-7-16(2)9-13-11/h3-4,7,9H,5-6,8H2,1-2H3,(H,14,15). The van der Waals surface area contributed by atoms with Crippen molar-refractivity contribution in [2.24, 2.45) is 7.05 Å². The number of aryl methyl sites for hydroxylation is 1. The topological polar surface area (TPSA) is 93.1 Å². The predicted molar refractivity (Wildman–Crippen MR) is 73.9 cm³/mol. The van der Waals surface area contributed by atoms with Crippen molar-refractivity contribution >= 4 is 10.0 Å². The van der Waals surface area contributed by atoms with E-state index in [9.17, 15) is 8.42 Å². The molecule has 2 aromatic heterocycles. The van der Waals surface area contributed by atoms with Crippen LogP contribution in [0.3, 0.4) is 0 Å². The van der Waals surface area contributed by atoms with Gasteiger partial charge in [-0.15, -0.1) is 0 Å². The average molecular weight is 311 g/mol. The largest absolute Gasteiger partial charge is 0.366 e. The third kappa shape index (κ3) is 2.47. The van der Waals surface area contributed by atoms with Gasteiger partial charge in [-0.25, -0.2) is 13.4 Å². The molecule has 0 aliphatic carbocycles. The van der Waals surface area contributed by atoms with E-state index in [2.05, 4.69) is 15.2 Å². The molecular weight excluding hydrogens is 294 g/mol. The summed E-state index contributed by atoms with van der Waals surface area (Å²) in [4.78, 5) is 3.95. The highest BCUT2D eigenvalue weighted by Gasteiger charge is 2.40. The summed E-state index contributed by atoms with van der Waals surface area (Å²) < 4.78 is 34.0. The molecule has 0 spiro atoms. The lowest BCUT2D eigenvalue weighted by molar-refractivity contribution is -0.0847. The summed E-state index contributed by atoms with van der Waals surface area (Å²) in [7, 11) is -1.88. The van der Waals surface area contributed by atoms with E-state index >= 15 is 0 Å². The fourth-order valence-corrected chi connectivity index (χ4v) is 3.88. The summed E-state index contributed by atoms with van der Waals surface area (Å²) >= 11 is 0. The van der Waals surface area contributed by atoms with E-state index in [1.165, 1.54) is 16.8 Å². The third-order valence-electron chi connectivity index (χ3n) is 3.60. The van der Waals surface area contributed by atoms with Crippen molar-refractivity contribution in [1.29, 1.82) is 0 Å². The van der Waals surface area contributed by atoms with Crippen molar-refractivity contribution < 1.29 is 13.2 Å². The summed E-state index contributed by atoms with van der Waals surface area (Å²) in [6, 6.07) is 1.79. The van der Waals surface area contributed by atoms with Crippen LogP contribution in [0.5, 0.6) is 0 Å². The first-order valence-corrected chi connectivity index (χ1v) is 7.98. The summed E-state index contributed by atoms with van der Waals surface area (Å²) in [6.45, 7) is 2.69. The second-order valence-electron chi connectivity index (χ2n) is 5.27. The SMILES string of the molecule is Cn1cnc(S(=O)(=O)N2CCOC(C)(c3ccn[nH]3)C2)c1. The van der Waals surface area contributed by atoms with Crippen LogP contribution in [0.2, 0.25) is 0 Å². The molecule has 0 aromatic carbocycles. The van der Waals surface area contributed by atoms with Crippen LogP contribution < -0.4 is 0 Å². The zero-order valence-electron chi connectivity index (χ0n) is 11.9. The molecule has 3 heterocycles. The lowest BCUT2D eigenvalue weighted by Gasteiger charge is -2.38. The number of H-pyrrole nitrogens is 1. The van der Waals surface area contributed by atoms with E-state index in [4.69, 9.17) is 4.74 Å². The van der Waals surface area contributed by atoms with Gasteiger partial charge in [0.1, 0.15) is 5.60 Å². The summed E-state index contributed by atoms with van der Waals surface area (Å²) in [5, 5.41) is 6.80. The number of rotatable bonds is 3. The van der Waals surface area contributed by atoms with E-state index in [0.29, 0.717) is 13.2 Å². The van der Waals surface area contributed by atoms with Gasteiger partial charge in [0.15, 0.2) is 5.03 Å². The molecule has 3 rings (SSSR count). The zero-order valence-corrected chi connectivity index (χ0v) is 12.7. The Labute approximate surface area is 122 Å². The number of aromatic amines is 1. The van der Waals surface area contributed by atoms with Gasteiger partial charge in [-0.05, 0) is 13.0 Å². The van der Waals surface area contributed by atoms with Crippen LogP contribution in [0.4, 0.5) is 0 Å². The molecule has 8 nitrogen and oxygen atoms in total. The monoisotopic (exact) mass is 311 g/mol. The maximum atomic E-state index is 12.6. The van der Waals surface area contributed by atoms with Gasteiger partial charge in [0.2, 0.25) is 0 Å². The number of hydrogen-bond donors (Lipinski definition) is 1. The number of imidazole rings is 1. The Hall–Kier alpha value is -1.71. The molecule has 0 saturated carbocycles. The number of hydrogen-bond acceptors (Lipinski definition) is 5. The molecule has 114 valence electrons. The summed E-state index contributed by atoms with van der Waals surface area (Å²) in [5.74, 6) is 0. The Morgan fingerprint density at radius 1 is 1.48 bits per heavy atom. The van der Waals surface area contributed by atoms with E-state index in [-0.39, 0.29) is 11.6 Å². The van der Waals surface area contributed by atoms with Crippen molar-refractivity contribution in [3.63, 3.8) is 0 Å². The minimum absolute atomic E-state index is 0.0545.